The van der Waals surface area contributed by atoms with E-state index in [1.807, 2.05) is 18.2 Å². The molecule has 0 bridgehead atoms. The highest BCUT2D eigenvalue weighted by Gasteiger charge is 2.52. The first-order valence-corrected chi connectivity index (χ1v) is 6.82. The highest BCUT2D eigenvalue weighted by molar-refractivity contribution is 5.94. The van der Waals surface area contributed by atoms with Crippen molar-refractivity contribution >= 4 is 11.9 Å². The number of rotatable bonds is 2. The van der Waals surface area contributed by atoms with E-state index in [0.29, 0.717) is 13.0 Å². The van der Waals surface area contributed by atoms with Gasteiger partial charge in [-0.2, -0.15) is 0 Å². The lowest BCUT2D eigenvalue weighted by Gasteiger charge is -2.36. The summed E-state index contributed by atoms with van der Waals surface area (Å²) in [6, 6.07) is 8.16. The van der Waals surface area contributed by atoms with Crippen LogP contribution in [0.2, 0.25) is 0 Å². The Morgan fingerprint density at radius 1 is 1.35 bits per heavy atom. The van der Waals surface area contributed by atoms with Gasteiger partial charge in [0.2, 0.25) is 0 Å². The zero-order valence-corrected chi connectivity index (χ0v) is 11.2. The molecule has 1 heterocycles. The molecule has 20 heavy (non-hydrogen) atoms. The van der Waals surface area contributed by atoms with Crippen molar-refractivity contribution in [3.05, 3.63) is 48.0 Å². The molecule has 2 aliphatic rings. The highest BCUT2D eigenvalue weighted by Crippen LogP contribution is 2.43. The van der Waals surface area contributed by atoms with E-state index in [9.17, 15) is 9.59 Å². The highest BCUT2D eigenvalue weighted by atomic mass is 16.6. The normalized spacial score (nSPS) is 27.3. The number of esters is 2. The van der Waals surface area contributed by atoms with Gasteiger partial charge >= 0.3 is 11.9 Å². The first-order chi connectivity index (χ1) is 9.65. The van der Waals surface area contributed by atoms with Crippen LogP contribution in [0, 0.1) is 11.3 Å². The quantitative estimate of drug-likeness (QED) is 0.499. The summed E-state index contributed by atoms with van der Waals surface area (Å²) in [5, 5.41) is 3.27. The van der Waals surface area contributed by atoms with Gasteiger partial charge in [0.25, 0.3) is 0 Å². The Kier molecular flexibility index (Phi) is 3.18. The maximum atomic E-state index is 12.4. The Morgan fingerprint density at radius 3 is 2.85 bits per heavy atom. The second-order valence-electron chi connectivity index (χ2n) is 5.55. The van der Waals surface area contributed by atoms with E-state index in [2.05, 4.69) is 18.0 Å². The molecule has 1 aliphatic carbocycles. The molecular weight excluding hydrogens is 254 g/mol. The van der Waals surface area contributed by atoms with Crippen LogP contribution >= 0.6 is 0 Å². The van der Waals surface area contributed by atoms with Crippen LogP contribution in [-0.2, 0) is 27.2 Å². The molecule has 2 atom stereocenters. The monoisotopic (exact) mass is 271 g/mol. The number of nitrogens with one attached hydrogen (secondary N) is 1. The van der Waals surface area contributed by atoms with Gasteiger partial charge in [0.1, 0.15) is 0 Å². The molecule has 2 unspecified atom stereocenters. The molecule has 1 saturated heterocycles. The summed E-state index contributed by atoms with van der Waals surface area (Å²) in [5.74, 6) is -0.914. The maximum absolute atomic E-state index is 12.4. The third kappa shape index (κ3) is 1.96. The van der Waals surface area contributed by atoms with Crippen LogP contribution in [0.1, 0.15) is 11.1 Å². The molecule has 1 aliphatic heterocycles. The van der Waals surface area contributed by atoms with E-state index >= 15 is 0 Å². The lowest BCUT2D eigenvalue weighted by atomic mass is 9.66. The van der Waals surface area contributed by atoms with Gasteiger partial charge in [-0.1, -0.05) is 30.8 Å². The molecule has 1 N–H and O–H groups in total. The second kappa shape index (κ2) is 4.87. The van der Waals surface area contributed by atoms with E-state index < -0.39 is 17.4 Å². The minimum absolute atomic E-state index is 0.183. The largest absolute Gasteiger partial charge is 0.389 e. The van der Waals surface area contributed by atoms with E-state index in [1.54, 1.807) is 0 Å². The smallest absolute Gasteiger partial charge is 0.337 e. The Labute approximate surface area is 117 Å². The van der Waals surface area contributed by atoms with Crippen LogP contribution in [0.4, 0.5) is 0 Å². The molecule has 1 aromatic rings. The number of fused-ring (bicyclic) bond motifs is 2. The van der Waals surface area contributed by atoms with Gasteiger partial charge in [-0.05, 0) is 36.4 Å². The summed E-state index contributed by atoms with van der Waals surface area (Å²) < 4.78 is 4.92. The minimum Gasteiger partial charge on any atom is -0.389 e. The van der Waals surface area contributed by atoms with Crippen molar-refractivity contribution in [1.29, 1.82) is 0 Å². The van der Waals surface area contributed by atoms with E-state index in [-0.39, 0.29) is 5.92 Å². The topological polar surface area (TPSA) is 55.4 Å². The van der Waals surface area contributed by atoms with Crippen LogP contribution in [0.15, 0.2) is 36.9 Å². The summed E-state index contributed by atoms with van der Waals surface area (Å²) in [5.41, 5.74) is 1.85. The Balaban J connectivity index is 1.93. The molecule has 0 amide bonds. The van der Waals surface area contributed by atoms with E-state index in [1.165, 1.54) is 11.1 Å². The van der Waals surface area contributed by atoms with Gasteiger partial charge < -0.3 is 10.1 Å². The van der Waals surface area contributed by atoms with Crippen LogP contribution in [0.3, 0.4) is 0 Å². The third-order valence-electron chi connectivity index (χ3n) is 4.47. The second-order valence-corrected chi connectivity index (χ2v) is 5.55. The van der Waals surface area contributed by atoms with Crippen molar-refractivity contribution < 1.29 is 14.3 Å². The van der Waals surface area contributed by atoms with E-state index in [0.717, 1.165) is 19.0 Å². The average molecular weight is 271 g/mol. The van der Waals surface area contributed by atoms with Gasteiger partial charge in [0, 0.05) is 12.6 Å². The van der Waals surface area contributed by atoms with Gasteiger partial charge in [-0.15, -0.1) is 0 Å². The zero-order chi connectivity index (χ0) is 14.2. The Morgan fingerprint density at radius 2 is 2.10 bits per heavy atom. The molecule has 4 heteroatoms. The SMILES string of the molecule is C=CC(=O)OC(=O)C12CNCC1Cc1ccccc1C2. The molecule has 0 radical (unpaired) electrons. The predicted octanol–water partition coefficient (Wildman–Crippen LogP) is 1.25. The summed E-state index contributed by atoms with van der Waals surface area (Å²) in [6.45, 7) is 4.68. The molecule has 0 saturated carbocycles. The number of ether oxygens (including phenoxy) is 1. The standard InChI is InChI=1S/C16H17NO3/c1-2-14(18)20-15(19)16-8-12-6-4-3-5-11(12)7-13(16)9-17-10-16/h2-6,13,17H,1,7-10H2. The predicted molar refractivity (Wildman–Crippen MR) is 73.9 cm³/mol. The lowest BCUT2D eigenvalue weighted by Crippen LogP contribution is -2.46. The van der Waals surface area contributed by atoms with Crippen LogP contribution < -0.4 is 5.32 Å². The van der Waals surface area contributed by atoms with Crippen molar-refractivity contribution in [2.45, 2.75) is 12.8 Å². The number of benzene rings is 1. The number of hydrogen-bond acceptors (Lipinski definition) is 4. The fourth-order valence-corrected chi connectivity index (χ4v) is 3.36. The molecule has 1 aromatic carbocycles. The minimum atomic E-state index is -0.672. The van der Waals surface area contributed by atoms with Crippen molar-refractivity contribution in [3.63, 3.8) is 0 Å². The summed E-state index contributed by atoms with van der Waals surface area (Å²) in [7, 11) is 0. The lowest BCUT2D eigenvalue weighted by molar-refractivity contribution is -0.166. The Hall–Kier alpha value is -1.94. The van der Waals surface area contributed by atoms with Crippen LogP contribution in [-0.4, -0.2) is 25.0 Å². The van der Waals surface area contributed by atoms with Crippen molar-refractivity contribution in [2.75, 3.05) is 13.1 Å². The number of carbonyl (C=O) groups excluding carboxylic acids is 2. The van der Waals surface area contributed by atoms with E-state index in [4.69, 9.17) is 4.74 Å². The maximum Gasteiger partial charge on any atom is 0.337 e. The Bertz CT molecular complexity index is 581. The molecule has 3 rings (SSSR count). The molecule has 104 valence electrons. The fourth-order valence-electron chi connectivity index (χ4n) is 3.36. The average Bonchev–Trinajstić information content (AvgIpc) is 2.88. The van der Waals surface area contributed by atoms with Gasteiger partial charge in [-0.3, -0.25) is 4.79 Å². The van der Waals surface area contributed by atoms with Crippen molar-refractivity contribution in [2.24, 2.45) is 11.3 Å². The summed E-state index contributed by atoms with van der Waals surface area (Å²) >= 11 is 0. The first kappa shape index (κ1) is 13.1. The van der Waals surface area contributed by atoms with Gasteiger partial charge in [0.15, 0.2) is 0 Å². The zero-order valence-electron chi connectivity index (χ0n) is 11.2. The first-order valence-electron chi connectivity index (χ1n) is 6.82. The molecule has 1 fully saturated rings. The summed E-state index contributed by atoms with van der Waals surface area (Å²) in [4.78, 5) is 23.8. The number of hydrogen-bond donors (Lipinski definition) is 1. The van der Waals surface area contributed by atoms with Crippen LogP contribution in [0.25, 0.3) is 0 Å². The van der Waals surface area contributed by atoms with Crippen molar-refractivity contribution in [1.82, 2.24) is 5.32 Å². The van der Waals surface area contributed by atoms with Gasteiger partial charge in [0.05, 0.1) is 5.41 Å². The summed E-state index contributed by atoms with van der Waals surface area (Å²) in [6.07, 6.45) is 2.51. The third-order valence-corrected chi connectivity index (χ3v) is 4.47. The molecule has 0 spiro atoms. The fraction of sp³-hybridized carbons (Fsp3) is 0.375. The molecule has 0 aromatic heterocycles. The van der Waals surface area contributed by atoms with Crippen molar-refractivity contribution in [3.8, 4) is 0 Å². The molecular formula is C16H17NO3. The van der Waals surface area contributed by atoms with Crippen LogP contribution in [0.5, 0.6) is 0 Å². The molecule has 4 nitrogen and oxygen atoms in total. The number of carbonyl (C=O) groups is 2. The van der Waals surface area contributed by atoms with Gasteiger partial charge in [-0.25, -0.2) is 4.79 Å².